The first-order valence-electron chi connectivity index (χ1n) is 10.9. The van der Waals surface area contributed by atoms with Crippen molar-refractivity contribution in [3.05, 3.63) is 89.8 Å². The molecule has 2 heterocycles. The number of ether oxygens (including phenoxy) is 1. The Labute approximate surface area is 190 Å². The molecule has 7 heteroatoms. The highest BCUT2D eigenvalue weighted by molar-refractivity contribution is 5.94. The van der Waals surface area contributed by atoms with Gasteiger partial charge in [-0.3, -0.25) is 9.59 Å². The fourth-order valence-electron chi connectivity index (χ4n) is 4.10. The maximum absolute atomic E-state index is 13.1. The van der Waals surface area contributed by atoms with Crippen LogP contribution >= 0.6 is 0 Å². The number of fused-ring (bicyclic) bond motifs is 1. The lowest BCUT2D eigenvalue weighted by molar-refractivity contribution is 0.0698. The third-order valence-corrected chi connectivity index (χ3v) is 5.84. The van der Waals surface area contributed by atoms with E-state index in [0.29, 0.717) is 41.6 Å². The molecule has 3 aromatic carbocycles. The van der Waals surface area contributed by atoms with Crippen molar-refractivity contribution in [2.75, 3.05) is 13.1 Å². The number of piperidine rings is 1. The van der Waals surface area contributed by atoms with E-state index < -0.39 is 5.91 Å². The van der Waals surface area contributed by atoms with Gasteiger partial charge < -0.3 is 19.8 Å². The van der Waals surface area contributed by atoms with Gasteiger partial charge in [-0.2, -0.15) is 0 Å². The largest absolute Gasteiger partial charge is 0.457 e. The minimum Gasteiger partial charge on any atom is -0.457 e. The molecule has 1 aliphatic heterocycles. The second-order valence-electron chi connectivity index (χ2n) is 8.13. The molecular formula is C26H23N3O4. The fraction of sp³-hybridized carbons (Fsp3) is 0.192. The third kappa shape index (κ3) is 4.43. The lowest BCUT2D eigenvalue weighted by atomic mass is 9.97. The highest BCUT2D eigenvalue weighted by Gasteiger charge is 2.28. The number of para-hydroxylation sites is 2. The van der Waals surface area contributed by atoms with Crippen LogP contribution in [0.5, 0.6) is 11.5 Å². The Morgan fingerprint density at radius 1 is 0.939 bits per heavy atom. The van der Waals surface area contributed by atoms with Crippen LogP contribution in [0.15, 0.2) is 77.2 Å². The normalized spacial score (nSPS) is 16.0. The van der Waals surface area contributed by atoms with Crippen LogP contribution in [0.3, 0.4) is 0 Å². The van der Waals surface area contributed by atoms with Crippen LogP contribution in [0, 0.1) is 0 Å². The molecule has 0 radical (unpaired) electrons. The molecule has 0 aliphatic carbocycles. The van der Waals surface area contributed by atoms with E-state index in [1.165, 1.54) is 0 Å². The van der Waals surface area contributed by atoms with Gasteiger partial charge in [0.2, 0.25) is 5.91 Å². The highest BCUT2D eigenvalue weighted by Crippen LogP contribution is 2.30. The summed E-state index contributed by atoms with van der Waals surface area (Å²) in [7, 11) is 0. The molecule has 2 N–H and O–H groups in total. The molecule has 1 saturated heterocycles. The second kappa shape index (κ2) is 8.78. The molecule has 0 bridgehead atoms. The number of nitrogens with zero attached hydrogens (tertiary/aromatic N) is 2. The zero-order valence-corrected chi connectivity index (χ0v) is 17.9. The van der Waals surface area contributed by atoms with Gasteiger partial charge in [0.05, 0.1) is 5.92 Å². The maximum Gasteiger partial charge on any atom is 0.253 e. The van der Waals surface area contributed by atoms with Gasteiger partial charge in [0.25, 0.3) is 5.91 Å². The molecule has 5 rings (SSSR count). The Bertz CT molecular complexity index is 1260. The molecule has 7 nitrogen and oxygen atoms in total. The number of amides is 2. The first-order chi connectivity index (χ1) is 16.1. The minimum absolute atomic E-state index is 0.0202. The third-order valence-electron chi connectivity index (χ3n) is 5.84. The molecule has 1 unspecified atom stereocenters. The average molecular weight is 441 g/mol. The number of oxazole rings is 1. The number of primary amides is 1. The van der Waals surface area contributed by atoms with Crippen LogP contribution in [0.25, 0.3) is 11.1 Å². The number of hydrogen-bond donors (Lipinski definition) is 1. The van der Waals surface area contributed by atoms with Crippen molar-refractivity contribution < 1.29 is 18.7 Å². The Morgan fingerprint density at radius 3 is 2.27 bits per heavy atom. The summed E-state index contributed by atoms with van der Waals surface area (Å²) in [6.45, 7) is 1.29. The smallest absolute Gasteiger partial charge is 0.253 e. The number of hydrogen-bond acceptors (Lipinski definition) is 5. The van der Waals surface area contributed by atoms with Crippen LogP contribution in [-0.2, 0) is 0 Å². The summed E-state index contributed by atoms with van der Waals surface area (Å²) in [5.41, 5.74) is 7.89. The van der Waals surface area contributed by atoms with Crippen molar-refractivity contribution >= 4 is 22.9 Å². The number of rotatable bonds is 5. The topological polar surface area (TPSA) is 98.7 Å². The monoisotopic (exact) mass is 441 g/mol. The summed E-state index contributed by atoms with van der Waals surface area (Å²) < 4.78 is 11.7. The van der Waals surface area contributed by atoms with Gasteiger partial charge in [0.1, 0.15) is 17.0 Å². The predicted molar refractivity (Wildman–Crippen MR) is 123 cm³/mol. The van der Waals surface area contributed by atoms with E-state index >= 15 is 0 Å². The van der Waals surface area contributed by atoms with Crippen molar-refractivity contribution in [3.8, 4) is 11.5 Å². The van der Waals surface area contributed by atoms with Crippen LogP contribution in [-0.4, -0.2) is 34.8 Å². The minimum atomic E-state index is -0.486. The maximum atomic E-state index is 13.1. The SMILES string of the molecule is NC(=O)c1ccc(Oc2ccc(C(=O)N3CCCC(c4nc5ccccc5o4)C3)cc2)cc1. The van der Waals surface area contributed by atoms with Gasteiger partial charge in [-0.15, -0.1) is 0 Å². The Balaban J connectivity index is 1.25. The van der Waals surface area contributed by atoms with E-state index in [1.54, 1.807) is 48.5 Å². The molecule has 1 aromatic heterocycles. The molecule has 1 aliphatic rings. The van der Waals surface area contributed by atoms with Gasteiger partial charge in [-0.05, 0) is 73.5 Å². The summed E-state index contributed by atoms with van der Waals surface area (Å²) in [5.74, 6) is 1.45. The zero-order chi connectivity index (χ0) is 22.8. The van der Waals surface area contributed by atoms with Crippen LogP contribution in [0.4, 0.5) is 0 Å². The lowest BCUT2D eigenvalue weighted by Crippen LogP contribution is -2.39. The van der Waals surface area contributed by atoms with Gasteiger partial charge >= 0.3 is 0 Å². The highest BCUT2D eigenvalue weighted by atomic mass is 16.5. The molecule has 1 fully saturated rings. The Kier molecular flexibility index (Phi) is 5.52. The van der Waals surface area contributed by atoms with E-state index in [4.69, 9.17) is 14.9 Å². The van der Waals surface area contributed by atoms with E-state index in [0.717, 1.165) is 23.9 Å². The number of carbonyl (C=O) groups excluding carboxylic acids is 2. The fourth-order valence-corrected chi connectivity index (χ4v) is 4.10. The van der Waals surface area contributed by atoms with E-state index in [-0.39, 0.29) is 11.8 Å². The first kappa shape index (κ1) is 20.8. The molecule has 33 heavy (non-hydrogen) atoms. The molecule has 0 saturated carbocycles. The van der Waals surface area contributed by atoms with Crippen molar-refractivity contribution in [1.82, 2.24) is 9.88 Å². The number of aromatic nitrogens is 1. The summed E-state index contributed by atoms with van der Waals surface area (Å²) in [6, 6.07) is 21.3. The molecular weight excluding hydrogens is 418 g/mol. The Morgan fingerprint density at radius 2 is 1.61 bits per heavy atom. The van der Waals surface area contributed by atoms with Gasteiger partial charge in [-0.25, -0.2) is 4.98 Å². The summed E-state index contributed by atoms with van der Waals surface area (Å²) in [5, 5.41) is 0. The van der Waals surface area contributed by atoms with Crippen molar-refractivity contribution in [1.29, 1.82) is 0 Å². The molecule has 2 amide bonds. The number of carbonyl (C=O) groups is 2. The van der Waals surface area contributed by atoms with Crippen LogP contribution in [0.2, 0.25) is 0 Å². The van der Waals surface area contributed by atoms with Crippen molar-refractivity contribution in [3.63, 3.8) is 0 Å². The standard InChI is InChI=1S/C26H23N3O4/c27-24(30)17-7-11-20(12-8-17)32-21-13-9-18(10-14-21)26(31)29-15-3-4-19(16-29)25-28-22-5-1-2-6-23(22)33-25/h1-2,5-14,19H,3-4,15-16H2,(H2,27,30). The Hall–Kier alpha value is -4.13. The van der Waals surface area contributed by atoms with E-state index in [1.807, 2.05) is 29.2 Å². The van der Waals surface area contributed by atoms with Gasteiger partial charge in [0, 0.05) is 24.2 Å². The van der Waals surface area contributed by atoms with Gasteiger partial charge in [-0.1, -0.05) is 12.1 Å². The summed E-state index contributed by atoms with van der Waals surface area (Å²) in [6.07, 6.45) is 1.84. The van der Waals surface area contributed by atoms with E-state index in [2.05, 4.69) is 4.98 Å². The number of nitrogens with two attached hydrogens (primary N) is 1. The average Bonchev–Trinajstić information content (AvgIpc) is 3.29. The van der Waals surface area contributed by atoms with Crippen LogP contribution in [0.1, 0.15) is 45.4 Å². The number of likely N-dealkylation sites (tertiary alicyclic amines) is 1. The first-order valence-corrected chi connectivity index (χ1v) is 10.9. The predicted octanol–water partition coefficient (Wildman–Crippen LogP) is 4.74. The van der Waals surface area contributed by atoms with Crippen molar-refractivity contribution in [2.24, 2.45) is 5.73 Å². The lowest BCUT2D eigenvalue weighted by Gasteiger charge is -2.31. The van der Waals surface area contributed by atoms with Gasteiger partial charge in [0.15, 0.2) is 11.5 Å². The molecule has 0 spiro atoms. The van der Waals surface area contributed by atoms with Crippen LogP contribution < -0.4 is 10.5 Å². The summed E-state index contributed by atoms with van der Waals surface area (Å²) in [4.78, 5) is 30.8. The molecule has 1 atom stereocenters. The second-order valence-corrected chi connectivity index (χ2v) is 8.13. The zero-order valence-electron chi connectivity index (χ0n) is 17.9. The molecule has 166 valence electrons. The quantitative estimate of drug-likeness (QED) is 0.482. The summed E-state index contributed by atoms with van der Waals surface area (Å²) >= 11 is 0. The van der Waals surface area contributed by atoms with Crippen molar-refractivity contribution in [2.45, 2.75) is 18.8 Å². The molecule has 4 aromatic rings. The van der Waals surface area contributed by atoms with E-state index in [9.17, 15) is 9.59 Å². The number of benzene rings is 3.